The maximum absolute atomic E-state index is 12.8. The monoisotopic (exact) mass is 466 g/mol. The number of ether oxygens (including phenoxy) is 2. The molecule has 0 saturated carbocycles. The van der Waals surface area contributed by atoms with Crippen LogP contribution in [0.4, 0.5) is 5.69 Å². The third-order valence-corrected chi connectivity index (χ3v) is 7.01. The average Bonchev–Trinajstić information content (AvgIpc) is 2.81. The van der Waals surface area contributed by atoms with E-state index in [1.54, 1.807) is 55.5 Å². The topological polar surface area (TPSA) is 84.9 Å². The maximum Gasteiger partial charge on any atom is 0.261 e. The summed E-state index contributed by atoms with van der Waals surface area (Å²) in [5.41, 5.74) is 2.05. The largest absolute Gasteiger partial charge is 0.497 e. The van der Waals surface area contributed by atoms with E-state index in [1.165, 1.54) is 12.1 Å². The van der Waals surface area contributed by atoms with Gasteiger partial charge < -0.3 is 14.4 Å². The van der Waals surface area contributed by atoms with Gasteiger partial charge in [0.25, 0.3) is 15.9 Å². The molecule has 1 fully saturated rings. The van der Waals surface area contributed by atoms with Gasteiger partial charge in [-0.3, -0.25) is 9.52 Å². The Morgan fingerprint density at radius 3 is 2.12 bits per heavy atom. The van der Waals surface area contributed by atoms with Crippen LogP contribution in [0.1, 0.15) is 15.9 Å². The summed E-state index contributed by atoms with van der Waals surface area (Å²) in [6, 6.07) is 20.5. The molecule has 0 aliphatic carbocycles. The normalized spacial score (nSPS) is 13.8. The number of hydrogen-bond acceptors (Lipinski definition) is 5. The molecule has 1 saturated heterocycles. The predicted octanol–water partition coefficient (Wildman–Crippen LogP) is 3.82. The highest BCUT2D eigenvalue weighted by atomic mass is 32.2. The number of sulfonamides is 1. The molecule has 1 amide bonds. The minimum absolute atomic E-state index is 0.102. The molecule has 1 heterocycles. The fraction of sp³-hybridized carbons (Fsp3) is 0.240. The van der Waals surface area contributed by atoms with Crippen molar-refractivity contribution in [3.63, 3.8) is 0 Å². The summed E-state index contributed by atoms with van der Waals surface area (Å²) in [5, 5.41) is 0. The summed E-state index contributed by atoms with van der Waals surface area (Å²) in [6.07, 6.45) is 0.819. The molecule has 1 aliphatic heterocycles. The lowest BCUT2D eigenvalue weighted by molar-refractivity contribution is 0.0501. The Bertz CT molecular complexity index is 1200. The summed E-state index contributed by atoms with van der Waals surface area (Å²) in [4.78, 5) is 14.7. The lowest BCUT2D eigenvalue weighted by atomic mass is 9.91. The van der Waals surface area contributed by atoms with Crippen LogP contribution in [0.2, 0.25) is 0 Å². The number of carbonyl (C=O) groups is 1. The van der Waals surface area contributed by atoms with Gasteiger partial charge in [-0.2, -0.15) is 0 Å². The van der Waals surface area contributed by atoms with Crippen LogP contribution in [-0.2, 0) is 16.4 Å². The zero-order chi connectivity index (χ0) is 23.4. The quantitative estimate of drug-likeness (QED) is 0.546. The number of nitrogens with zero attached hydrogens (tertiary/aromatic N) is 1. The number of anilines is 1. The van der Waals surface area contributed by atoms with Crippen molar-refractivity contribution in [1.29, 1.82) is 0 Å². The van der Waals surface area contributed by atoms with Crippen molar-refractivity contribution in [2.75, 3.05) is 32.0 Å². The van der Waals surface area contributed by atoms with Crippen LogP contribution in [0, 0.1) is 5.92 Å². The first kappa shape index (κ1) is 22.7. The van der Waals surface area contributed by atoms with Crippen LogP contribution < -0.4 is 14.2 Å². The predicted molar refractivity (Wildman–Crippen MR) is 126 cm³/mol. The Kier molecular flexibility index (Phi) is 6.55. The number of para-hydroxylation sites is 1. The molecular weight excluding hydrogens is 440 g/mol. The molecule has 0 spiro atoms. The van der Waals surface area contributed by atoms with E-state index in [2.05, 4.69) is 4.72 Å². The number of likely N-dealkylation sites (tertiary alicyclic amines) is 1. The van der Waals surface area contributed by atoms with Gasteiger partial charge in [0.05, 0.1) is 19.1 Å². The fourth-order valence-electron chi connectivity index (χ4n) is 3.86. The zero-order valence-corrected chi connectivity index (χ0v) is 19.3. The molecule has 0 radical (unpaired) electrons. The van der Waals surface area contributed by atoms with Gasteiger partial charge in [-0.15, -0.1) is 0 Å². The Balaban J connectivity index is 1.35. The molecule has 8 heteroatoms. The second-order valence-electron chi connectivity index (χ2n) is 8.00. The Morgan fingerprint density at radius 1 is 0.939 bits per heavy atom. The summed E-state index contributed by atoms with van der Waals surface area (Å²) in [5.74, 6) is 1.73. The number of rotatable bonds is 8. The first-order valence-electron chi connectivity index (χ1n) is 10.6. The van der Waals surface area contributed by atoms with E-state index < -0.39 is 10.0 Å². The molecular formula is C25H26N2O5S. The molecule has 0 bridgehead atoms. The van der Waals surface area contributed by atoms with E-state index in [0.717, 1.165) is 23.5 Å². The van der Waals surface area contributed by atoms with E-state index in [-0.39, 0.29) is 10.8 Å². The molecule has 33 heavy (non-hydrogen) atoms. The molecule has 0 unspecified atom stereocenters. The number of amides is 1. The summed E-state index contributed by atoms with van der Waals surface area (Å²) < 4.78 is 38.3. The van der Waals surface area contributed by atoms with Crippen molar-refractivity contribution in [3.8, 4) is 11.5 Å². The lowest BCUT2D eigenvalue weighted by Gasteiger charge is -2.39. The lowest BCUT2D eigenvalue weighted by Crippen LogP contribution is -2.50. The van der Waals surface area contributed by atoms with Crippen molar-refractivity contribution < 1.29 is 22.7 Å². The molecule has 172 valence electrons. The Hall–Kier alpha value is -3.52. The second kappa shape index (κ2) is 9.54. The third-order valence-electron chi connectivity index (χ3n) is 5.62. The summed E-state index contributed by atoms with van der Waals surface area (Å²) in [6.45, 7) is 1.29. The summed E-state index contributed by atoms with van der Waals surface area (Å²) >= 11 is 0. The van der Waals surface area contributed by atoms with E-state index in [1.807, 2.05) is 24.3 Å². The van der Waals surface area contributed by atoms with Crippen LogP contribution in [-0.4, -0.2) is 46.5 Å². The van der Waals surface area contributed by atoms with Crippen LogP contribution >= 0.6 is 0 Å². The van der Waals surface area contributed by atoms with Gasteiger partial charge in [0.15, 0.2) is 0 Å². The van der Waals surface area contributed by atoms with Gasteiger partial charge in [0.2, 0.25) is 0 Å². The zero-order valence-electron chi connectivity index (χ0n) is 18.5. The average molecular weight is 467 g/mol. The van der Waals surface area contributed by atoms with Crippen LogP contribution in [0.15, 0.2) is 77.7 Å². The van der Waals surface area contributed by atoms with Crippen molar-refractivity contribution >= 4 is 21.6 Å². The fourth-order valence-corrected chi connectivity index (χ4v) is 4.92. The van der Waals surface area contributed by atoms with Crippen molar-refractivity contribution in [2.24, 2.45) is 5.92 Å². The highest BCUT2D eigenvalue weighted by Crippen LogP contribution is 2.28. The SMILES string of the molecule is COc1cc(CC2CN(C(=O)c3ccc(S(=O)(=O)Nc4ccccc4)cc3)C2)cc(OC)c1. The maximum atomic E-state index is 12.8. The van der Waals surface area contributed by atoms with Crippen molar-refractivity contribution in [2.45, 2.75) is 11.3 Å². The van der Waals surface area contributed by atoms with E-state index in [0.29, 0.717) is 30.3 Å². The number of methoxy groups -OCH3 is 2. The molecule has 3 aromatic carbocycles. The molecule has 1 N–H and O–H groups in total. The number of benzene rings is 3. The smallest absolute Gasteiger partial charge is 0.261 e. The highest BCUT2D eigenvalue weighted by molar-refractivity contribution is 7.92. The highest BCUT2D eigenvalue weighted by Gasteiger charge is 2.31. The summed E-state index contributed by atoms with van der Waals surface area (Å²) in [7, 11) is -0.475. The first-order chi connectivity index (χ1) is 15.9. The Morgan fingerprint density at radius 2 is 1.55 bits per heavy atom. The number of nitrogens with one attached hydrogen (secondary N) is 1. The van der Waals surface area contributed by atoms with E-state index in [4.69, 9.17) is 9.47 Å². The molecule has 7 nitrogen and oxygen atoms in total. The van der Waals surface area contributed by atoms with Crippen LogP contribution in [0.5, 0.6) is 11.5 Å². The standard InChI is InChI=1S/C25H26N2O5S/c1-31-22-13-18(14-23(15-22)32-2)12-19-16-27(17-19)25(28)20-8-10-24(11-9-20)33(29,30)26-21-6-4-3-5-7-21/h3-11,13-15,19,26H,12,16-17H2,1-2H3. The molecule has 0 atom stereocenters. The number of hydrogen-bond donors (Lipinski definition) is 1. The molecule has 3 aromatic rings. The van der Waals surface area contributed by atoms with Crippen LogP contribution in [0.25, 0.3) is 0 Å². The van der Waals surface area contributed by atoms with Crippen molar-refractivity contribution in [1.82, 2.24) is 4.90 Å². The minimum Gasteiger partial charge on any atom is -0.497 e. The van der Waals surface area contributed by atoms with Crippen molar-refractivity contribution in [3.05, 3.63) is 83.9 Å². The third kappa shape index (κ3) is 5.28. The van der Waals surface area contributed by atoms with Crippen LogP contribution in [0.3, 0.4) is 0 Å². The Labute approximate surface area is 194 Å². The van der Waals surface area contributed by atoms with Gasteiger partial charge in [0.1, 0.15) is 11.5 Å². The minimum atomic E-state index is -3.72. The van der Waals surface area contributed by atoms with E-state index >= 15 is 0 Å². The van der Waals surface area contributed by atoms with Gasteiger partial charge in [0, 0.05) is 30.4 Å². The molecule has 1 aliphatic rings. The van der Waals surface area contributed by atoms with E-state index in [9.17, 15) is 13.2 Å². The molecule has 0 aromatic heterocycles. The first-order valence-corrected chi connectivity index (χ1v) is 12.1. The van der Waals surface area contributed by atoms with Gasteiger partial charge >= 0.3 is 0 Å². The van der Waals surface area contributed by atoms with Gasteiger partial charge in [-0.25, -0.2) is 8.42 Å². The number of carbonyl (C=O) groups excluding carboxylic acids is 1. The molecule has 4 rings (SSSR count). The van der Waals surface area contributed by atoms with Gasteiger partial charge in [-0.05, 0) is 66.4 Å². The van der Waals surface area contributed by atoms with Gasteiger partial charge in [-0.1, -0.05) is 18.2 Å². The second-order valence-corrected chi connectivity index (χ2v) is 9.68.